The van der Waals surface area contributed by atoms with Gasteiger partial charge in [-0.25, -0.2) is 4.79 Å². The van der Waals surface area contributed by atoms with Crippen LogP contribution in [0.4, 0.5) is 0 Å². The number of nitrogens with one attached hydrogen (secondary N) is 3. The molecule has 208 valence electrons. The average Bonchev–Trinajstić information content (AvgIpc) is 3.27. The van der Waals surface area contributed by atoms with Gasteiger partial charge in [0.15, 0.2) is 0 Å². The number of ketones is 1. The third-order valence-corrected chi connectivity index (χ3v) is 8.23. The van der Waals surface area contributed by atoms with Gasteiger partial charge >= 0.3 is 5.97 Å². The van der Waals surface area contributed by atoms with Crippen LogP contribution in [0.5, 0.6) is 5.75 Å². The van der Waals surface area contributed by atoms with E-state index in [1.54, 1.807) is 23.1 Å². The van der Waals surface area contributed by atoms with Crippen LogP contribution in [0.3, 0.4) is 0 Å². The molecule has 2 aromatic heterocycles. The lowest BCUT2D eigenvalue weighted by Gasteiger charge is -2.27. The molecular formula is C29H31N5O6. The largest absolute Gasteiger partial charge is 0.492 e. The molecule has 5 N–H and O–H groups in total. The van der Waals surface area contributed by atoms with Gasteiger partial charge in [0.1, 0.15) is 23.7 Å². The number of fused-ring (bicyclic) bond motifs is 2. The molecule has 11 nitrogen and oxygen atoms in total. The molecule has 3 atom stereocenters. The highest BCUT2D eigenvalue weighted by molar-refractivity contribution is 6.10. The highest BCUT2D eigenvalue weighted by Gasteiger charge is 2.68. The van der Waals surface area contributed by atoms with Gasteiger partial charge in [-0.2, -0.15) is 0 Å². The third-order valence-electron chi connectivity index (χ3n) is 8.23. The molecule has 6 rings (SSSR count). The van der Waals surface area contributed by atoms with Crippen LogP contribution in [0.2, 0.25) is 0 Å². The van der Waals surface area contributed by atoms with Gasteiger partial charge in [0, 0.05) is 34.6 Å². The van der Waals surface area contributed by atoms with E-state index >= 15 is 0 Å². The van der Waals surface area contributed by atoms with Crippen molar-refractivity contribution >= 4 is 34.5 Å². The molecule has 2 fully saturated rings. The molecule has 3 aromatic rings. The lowest BCUT2D eigenvalue weighted by molar-refractivity contribution is -0.123. The van der Waals surface area contributed by atoms with Gasteiger partial charge in [0.05, 0.1) is 25.4 Å². The fourth-order valence-corrected chi connectivity index (χ4v) is 5.93. The first-order chi connectivity index (χ1) is 19.1. The van der Waals surface area contributed by atoms with Crippen molar-refractivity contribution in [2.75, 3.05) is 26.8 Å². The minimum atomic E-state index is -0.562. The Morgan fingerprint density at radius 1 is 1.18 bits per heavy atom. The lowest BCUT2D eigenvalue weighted by atomic mass is 9.85. The number of benzene rings is 1. The first kappa shape index (κ1) is 25.9. The summed E-state index contributed by atoms with van der Waals surface area (Å²) in [6, 6.07) is 8.36. The molecule has 2 amide bonds. The van der Waals surface area contributed by atoms with E-state index in [-0.39, 0.29) is 41.7 Å². The molecule has 0 radical (unpaired) electrons. The van der Waals surface area contributed by atoms with Gasteiger partial charge in [-0.1, -0.05) is 13.8 Å². The lowest BCUT2D eigenvalue weighted by Crippen LogP contribution is -2.45. The molecule has 2 unspecified atom stereocenters. The second-order valence-electron chi connectivity index (χ2n) is 11.0. The Hall–Kier alpha value is -4.38. The number of nitrogens with zero attached hydrogens (tertiary/aromatic N) is 1. The number of hydrogen-bond donors (Lipinski definition) is 4. The standard InChI is InChI=1S/C29H31N5O6/c1-14(2)24(30)26(36)31-6-7-40-17-4-5-19-15(8-17)9-20(32-19)27(37)34-13-16-12-29(16)18-10-21(28(38)39-3)33-25(18)22(35)11-23(29)34/h4-5,8-11,14,16,24,32-33H,6-7,12-13,30H2,1-3H3,(H,31,36)/t16-,24?,29?/m1/s1. The molecule has 0 bridgehead atoms. The van der Waals surface area contributed by atoms with Crippen molar-refractivity contribution in [2.45, 2.75) is 31.7 Å². The van der Waals surface area contributed by atoms with E-state index in [4.69, 9.17) is 15.2 Å². The maximum absolute atomic E-state index is 13.7. The minimum absolute atomic E-state index is 0.0473. The average molecular weight is 546 g/mol. The van der Waals surface area contributed by atoms with Gasteiger partial charge in [-0.05, 0) is 54.2 Å². The zero-order valence-electron chi connectivity index (χ0n) is 22.5. The van der Waals surface area contributed by atoms with Crippen LogP contribution in [0, 0.1) is 11.8 Å². The summed E-state index contributed by atoms with van der Waals surface area (Å²) in [5.41, 5.74) is 8.65. The Morgan fingerprint density at radius 3 is 2.73 bits per heavy atom. The number of carbonyl (C=O) groups excluding carboxylic acids is 4. The number of allylic oxidation sites excluding steroid dienone is 2. The van der Waals surface area contributed by atoms with Gasteiger partial charge in [-0.3, -0.25) is 14.4 Å². The molecule has 1 aliphatic heterocycles. The summed E-state index contributed by atoms with van der Waals surface area (Å²) in [6.45, 7) is 4.87. The van der Waals surface area contributed by atoms with Crippen molar-refractivity contribution in [3.05, 3.63) is 64.8 Å². The predicted octanol–water partition coefficient (Wildman–Crippen LogP) is 2.25. The number of methoxy groups -OCH3 is 1. The zero-order valence-corrected chi connectivity index (χ0v) is 22.5. The second-order valence-corrected chi connectivity index (χ2v) is 11.0. The van der Waals surface area contributed by atoms with E-state index in [9.17, 15) is 19.2 Å². The number of likely N-dealkylation sites (tertiary alicyclic amines) is 1. The van der Waals surface area contributed by atoms with E-state index in [0.29, 0.717) is 35.9 Å². The third kappa shape index (κ3) is 4.00. The number of carbonyl (C=O) groups is 4. The van der Waals surface area contributed by atoms with Crippen molar-refractivity contribution in [1.82, 2.24) is 20.2 Å². The Bertz CT molecular complexity index is 1600. The maximum Gasteiger partial charge on any atom is 0.354 e. The van der Waals surface area contributed by atoms with Crippen LogP contribution < -0.4 is 15.8 Å². The molecule has 3 heterocycles. The molecule has 1 saturated heterocycles. The number of piperidine rings is 1. The summed E-state index contributed by atoms with van der Waals surface area (Å²) in [7, 11) is 1.29. The number of aromatic amines is 2. The van der Waals surface area contributed by atoms with Crippen molar-refractivity contribution in [1.29, 1.82) is 0 Å². The van der Waals surface area contributed by atoms with Crippen LogP contribution in [-0.2, 0) is 14.9 Å². The first-order valence-electron chi connectivity index (χ1n) is 13.3. The molecule has 1 spiro atoms. The van der Waals surface area contributed by atoms with E-state index in [1.807, 2.05) is 26.0 Å². The smallest absolute Gasteiger partial charge is 0.354 e. The van der Waals surface area contributed by atoms with Crippen LogP contribution in [-0.4, -0.2) is 71.3 Å². The summed E-state index contributed by atoms with van der Waals surface area (Å²) in [6.07, 6.45) is 2.34. The van der Waals surface area contributed by atoms with Crippen molar-refractivity contribution in [2.24, 2.45) is 17.6 Å². The number of amides is 2. The van der Waals surface area contributed by atoms with Crippen LogP contribution in [0.15, 0.2) is 42.1 Å². The highest BCUT2D eigenvalue weighted by Crippen LogP contribution is 2.66. The summed E-state index contributed by atoms with van der Waals surface area (Å²) in [4.78, 5) is 58.5. The maximum atomic E-state index is 13.7. The van der Waals surface area contributed by atoms with Gasteiger partial charge in [0.2, 0.25) is 11.7 Å². The van der Waals surface area contributed by atoms with Crippen molar-refractivity contribution in [3.63, 3.8) is 0 Å². The molecule has 40 heavy (non-hydrogen) atoms. The van der Waals surface area contributed by atoms with Crippen LogP contribution in [0.1, 0.15) is 57.3 Å². The highest BCUT2D eigenvalue weighted by atomic mass is 16.5. The SMILES string of the molecule is COC(=O)c1cc2c([nH]1)C(=O)C=C1N(C(=O)c3cc4cc(OCCNC(=O)C(N)C(C)C)ccc4[nH]3)C[C@H]3CC123. The fourth-order valence-electron chi connectivity index (χ4n) is 5.93. The zero-order chi connectivity index (χ0) is 28.3. The molecule has 11 heteroatoms. The van der Waals surface area contributed by atoms with Gasteiger partial charge in [0.25, 0.3) is 5.91 Å². The monoisotopic (exact) mass is 545 g/mol. The fraction of sp³-hybridized carbons (Fsp3) is 0.379. The molecule has 1 saturated carbocycles. The minimum Gasteiger partial charge on any atom is -0.492 e. The topological polar surface area (TPSA) is 160 Å². The summed E-state index contributed by atoms with van der Waals surface area (Å²) in [5, 5.41) is 3.57. The number of rotatable bonds is 8. The summed E-state index contributed by atoms with van der Waals surface area (Å²) < 4.78 is 10.6. The Balaban J connectivity index is 1.16. The summed E-state index contributed by atoms with van der Waals surface area (Å²) >= 11 is 0. The number of ether oxygens (including phenoxy) is 2. The second kappa shape index (κ2) is 9.37. The number of hydrogen-bond acceptors (Lipinski definition) is 7. The van der Waals surface area contributed by atoms with E-state index in [0.717, 1.165) is 22.9 Å². The Morgan fingerprint density at radius 2 is 1.98 bits per heavy atom. The number of esters is 1. The quantitative estimate of drug-likeness (QED) is 0.249. The van der Waals surface area contributed by atoms with E-state index in [2.05, 4.69) is 15.3 Å². The van der Waals surface area contributed by atoms with E-state index in [1.165, 1.54) is 13.2 Å². The first-order valence-corrected chi connectivity index (χ1v) is 13.3. The molecule has 2 aliphatic carbocycles. The summed E-state index contributed by atoms with van der Waals surface area (Å²) in [5.74, 6) is -0.406. The molecule has 3 aliphatic rings. The van der Waals surface area contributed by atoms with Gasteiger partial charge in [-0.15, -0.1) is 0 Å². The number of H-pyrrole nitrogens is 2. The van der Waals surface area contributed by atoms with Gasteiger partial charge < -0.3 is 35.4 Å². The normalized spacial score (nSPS) is 21.4. The Labute approximate surface area is 230 Å². The van der Waals surface area contributed by atoms with Crippen LogP contribution >= 0.6 is 0 Å². The van der Waals surface area contributed by atoms with Crippen LogP contribution in [0.25, 0.3) is 10.9 Å². The molecular weight excluding hydrogens is 514 g/mol. The number of nitrogens with two attached hydrogens (primary N) is 1. The van der Waals surface area contributed by atoms with E-state index < -0.39 is 17.4 Å². The molecule has 1 aromatic carbocycles. The van der Waals surface area contributed by atoms with Crippen molar-refractivity contribution < 1.29 is 28.7 Å². The Kier molecular flexibility index (Phi) is 6.06. The predicted molar refractivity (Wildman–Crippen MR) is 145 cm³/mol. The van der Waals surface area contributed by atoms with Crippen molar-refractivity contribution in [3.8, 4) is 5.75 Å². The number of aromatic nitrogens is 2.